The van der Waals surface area contributed by atoms with Gasteiger partial charge < -0.3 is 14.7 Å². The van der Waals surface area contributed by atoms with E-state index in [2.05, 4.69) is 73.3 Å². The summed E-state index contributed by atoms with van der Waals surface area (Å²) in [7, 11) is 0. The molecule has 0 spiro atoms. The van der Waals surface area contributed by atoms with E-state index in [-0.39, 0.29) is 44.6 Å². The van der Waals surface area contributed by atoms with Crippen LogP contribution >= 0.6 is 0 Å². The maximum atomic E-state index is 14.1. The second-order valence-electron chi connectivity index (χ2n) is 16.9. The van der Waals surface area contributed by atoms with E-state index >= 15 is 0 Å². The maximum absolute atomic E-state index is 14.1. The smallest absolute Gasteiger partial charge is 0.312 e. The lowest BCUT2D eigenvalue weighted by atomic mass is 9.33. The molecule has 0 aromatic heterocycles. The van der Waals surface area contributed by atoms with Gasteiger partial charge in [-0.15, -0.1) is 0 Å². The summed E-state index contributed by atoms with van der Waals surface area (Å²) in [5.74, 6) is 1.58. The second-order valence-corrected chi connectivity index (χ2v) is 16.9. The normalized spacial score (nSPS) is 45.4. The molecule has 0 radical (unpaired) electrons. The summed E-state index contributed by atoms with van der Waals surface area (Å²) in [5, 5.41) is 11.0. The molecule has 0 saturated heterocycles. The summed E-state index contributed by atoms with van der Waals surface area (Å²) < 4.78 is 6.18. The number of fused-ring (bicyclic) bond motifs is 7. The summed E-state index contributed by atoms with van der Waals surface area (Å²) in [5.41, 5.74) is 2.08. The van der Waals surface area contributed by atoms with Crippen LogP contribution in [0.4, 0.5) is 0 Å². The van der Waals surface area contributed by atoms with E-state index in [0.717, 1.165) is 71.0 Å². The number of nitrogens with zero attached hydrogens (tertiary/aromatic N) is 1. The Morgan fingerprint density at radius 1 is 0.925 bits per heavy atom. The summed E-state index contributed by atoms with van der Waals surface area (Å²) in [6.45, 7) is 25.0. The molecule has 0 aromatic carbocycles. The minimum Gasteiger partial charge on any atom is -0.464 e. The van der Waals surface area contributed by atoms with E-state index in [9.17, 15) is 9.90 Å². The minimum atomic E-state index is -0.356. The van der Waals surface area contributed by atoms with E-state index in [1.165, 1.54) is 12.8 Å². The van der Waals surface area contributed by atoms with Crippen LogP contribution in [0.15, 0.2) is 11.6 Å². The SMILES string of the molecule is CCN(CC)CCOC(=O)C12CCC(C)(C)CC1C1=CCC3C4(C)CCC(O)C(C)(C)C4CCC3(C)C1(C)CC2. The number of rotatable bonds is 6. The molecule has 0 heterocycles. The predicted octanol–water partition coefficient (Wildman–Crippen LogP) is 8.03. The summed E-state index contributed by atoms with van der Waals surface area (Å²) in [6.07, 6.45) is 13.4. The molecule has 4 fully saturated rings. The highest BCUT2D eigenvalue weighted by atomic mass is 16.5. The van der Waals surface area contributed by atoms with Crippen molar-refractivity contribution in [1.29, 1.82) is 0 Å². The van der Waals surface area contributed by atoms with Crippen molar-refractivity contribution in [3.05, 3.63) is 11.6 Å². The van der Waals surface area contributed by atoms with E-state index in [1.54, 1.807) is 5.57 Å². The van der Waals surface area contributed by atoms with Crippen LogP contribution in [0.3, 0.4) is 0 Å². The monoisotopic (exact) mass is 555 g/mol. The van der Waals surface area contributed by atoms with Crippen molar-refractivity contribution in [3.63, 3.8) is 0 Å². The zero-order valence-corrected chi connectivity index (χ0v) is 27.5. The lowest BCUT2D eigenvalue weighted by molar-refractivity contribution is -0.206. The van der Waals surface area contributed by atoms with Crippen molar-refractivity contribution in [1.82, 2.24) is 4.90 Å². The van der Waals surface area contributed by atoms with Gasteiger partial charge in [0.15, 0.2) is 0 Å². The van der Waals surface area contributed by atoms with Crippen LogP contribution in [-0.4, -0.2) is 48.3 Å². The Morgan fingerprint density at radius 3 is 2.27 bits per heavy atom. The molecule has 5 rings (SSSR count). The maximum Gasteiger partial charge on any atom is 0.312 e. The molecule has 40 heavy (non-hydrogen) atoms. The van der Waals surface area contributed by atoms with Gasteiger partial charge in [0.05, 0.1) is 11.5 Å². The van der Waals surface area contributed by atoms with Crippen LogP contribution in [0, 0.1) is 50.2 Å². The van der Waals surface area contributed by atoms with Gasteiger partial charge in [0, 0.05) is 6.54 Å². The van der Waals surface area contributed by atoms with Gasteiger partial charge >= 0.3 is 5.97 Å². The molecule has 4 nitrogen and oxygen atoms in total. The van der Waals surface area contributed by atoms with Crippen molar-refractivity contribution < 1.29 is 14.6 Å². The number of aliphatic hydroxyl groups excluding tert-OH is 1. The topological polar surface area (TPSA) is 49.8 Å². The largest absolute Gasteiger partial charge is 0.464 e. The van der Waals surface area contributed by atoms with Crippen LogP contribution in [0.1, 0.15) is 127 Å². The second kappa shape index (κ2) is 10.1. The van der Waals surface area contributed by atoms with Crippen LogP contribution in [-0.2, 0) is 9.53 Å². The number of likely N-dealkylation sites (N-methyl/N-ethyl adjacent to an activating group) is 1. The van der Waals surface area contributed by atoms with Gasteiger partial charge in [0.25, 0.3) is 0 Å². The first-order chi connectivity index (χ1) is 18.6. The third-order valence-corrected chi connectivity index (χ3v) is 14.6. The Hall–Kier alpha value is -0.870. The van der Waals surface area contributed by atoms with E-state index in [4.69, 9.17) is 4.74 Å². The van der Waals surface area contributed by atoms with Crippen molar-refractivity contribution >= 4 is 5.97 Å². The molecule has 0 bridgehead atoms. The van der Waals surface area contributed by atoms with Gasteiger partial charge in [0.1, 0.15) is 6.61 Å². The summed E-state index contributed by atoms with van der Waals surface area (Å²) in [6, 6.07) is 0. The first-order valence-corrected chi connectivity index (χ1v) is 16.9. The summed E-state index contributed by atoms with van der Waals surface area (Å²) in [4.78, 5) is 16.5. The number of hydrogen-bond donors (Lipinski definition) is 1. The number of aliphatic hydroxyl groups is 1. The molecule has 0 aliphatic heterocycles. The number of carbonyl (C=O) groups is 1. The standard InChI is InChI=1S/C36H61NO3/c1-10-37(11-2)22-23-40-30(39)36-20-18-31(3,4)24-26(36)25-12-13-28-33(7)16-15-29(38)32(5,6)27(33)14-17-35(28,9)34(25,8)19-21-36/h12,26-29,38H,10-11,13-24H2,1-9H3. The van der Waals surface area contributed by atoms with Crippen molar-refractivity contribution in [3.8, 4) is 0 Å². The molecule has 4 heteroatoms. The van der Waals surface area contributed by atoms with Crippen LogP contribution in [0.5, 0.6) is 0 Å². The number of ether oxygens (including phenoxy) is 1. The Morgan fingerprint density at radius 2 is 1.60 bits per heavy atom. The molecular weight excluding hydrogens is 494 g/mol. The van der Waals surface area contributed by atoms with Crippen molar-refractivity contribution in [2.24, 2.45) is 50.2 Å². The van der Waals surface area contributed by atoms with Crippen LogP contribution < -0.4 is 0 Å². The quantitative estimate of drug-likeness (QED) is 0.266. The third-order valence-electron chi connectivity index (χ3n) is 14.6. The first kappa shape index (κ1) is 30.6. The van der Waals surface area contributed by atoms with Gasteiger partial charge in [-0.1, -0.05) is 74.0 Å². The molecule has 4 saturated carbocycles. The fourth-order valence-corrected chi connectivity index (χ4v) is 11.6. The van der Waals surface area contributed by atoms with Gasteiger partial charge in [-0.2, -0.15) is 0 Å². The molecular formula is C36H61NO3. The molecule has 0 aromatic rings. The number of hydrogen-bond acceptors (Lipinski definition) is 4. The average molecular weight is 556 g/mol. The Labute approximate surface area is 246 Å². The fraction of sp³-hybridized carbons (Fsp3) is 0.917. The molecule has 5 aliphatic carbocycles. The lowest BCUT2D eigenvalue weighted by Crippen LogP contribution is -2.65. The number of carbonyl (C=O) groups excluding carboxylic acids is 1. The first-order valence-electron chi connectivity index (χ1n) is 16.9. The number of esters is 1. The van der Waals surface area contributed by atoms with Crippen molar-refractivity contribution in [2.45, 2.75) is 133 Å². The fourth-order valence-electron chi connectivity index (χ4n) is 11.6. The molecule has 0 amide bonds. The highest BCUT2D eigenvalue weighted by Crippen LogP contribution is 2.75. The molecule has 5 aliphatic rings. The third kappa shape index (κ3) is 4.30. The van der Waals surface area contributed by atoms with Crippen molar-refractivity contribution in [2.75, 3.05) is 26.2 Å². The zero-order valence-electron chi connectivity index (χ0n) is 27.5. The predicted molar refractivity (Wildman–Crippen MR) is 164 cm³/mol. The van der Waals surface area contributed by atoms with Gasteiger partial charge in [-0.25, -0.2) is 0 Å². The van der Waals surface area contributed by atoms with E-state index in [1.807, 2.05) is 0 Å². The Balaban J connectivity index is 1.49. The van der Waals surface area contributed by atoms with Gasteiger partial charge in [-0.3, -0.25) is 4.79 Å². The average Bonchev–Trinajstić information content (AvgIpc) is 2.89. The molecule has 8 unspecified atom stereocenters. The summed E-state index contributed by atoms with van der Waals surface area (Å²) >= 11 is 0. The number of allylic oxidation sites excluding steroid dienone is 2. The van der Waals surface area contributed by atoms with Crippen LogP contribution in [0.2, 0.25) is 0 Å². The lowest BCUT2D eigenvalue weighted by Gasteiger charge is -2.71. The van der Waals surface area contributed by atoms with E-state index in [0.29, 0.717) is 24.4 Å². The molecule has 8 atom stereocenters. The minimum absolute atomic E-state index is 0.0246. The highest BCUT2D eigenvalue weighted by Gasteiger charge is 2.69. The zero-order chi connectivity index (χ0) is 29.4. The van der Waals surface area contributed by atoms with E-state index < -0.39 is 0 Å². The Bertz CT molecular complexity index is 1010. The van der Waals surface area contributed by atoms with Crippen LogP contribution in [0.25, 0.3) is 0 Å². The highest BCUT2D eigenvalue weighted by molar-refractivity contribution is 5.78. The van der Waals surface area contributed by atoms with Gasteiger partial charge in [0.2, 0.25) is 0 Å². The van der Waals surface area contributed by atoms with Gasteiger partial charge in [-0.05, 0) is 122 Å². The Kier molecular flexibility index (Phi) is 7.73. The molecule has 1 N–H and O–H groups in total. The molecule has 228 valence electrons.